The Labute approximate surface area is 76.0 Å². The van der Waals surface area contributed by atoms with Gasteiger partial charge in [-0.05, 0) is 0 Å². The molecule has 1 unspecified atom stereocenters. The smallest absolute Gasteiger partial charge is 0.323 e. The van der Waals surface area contributed by atoms with Gasteiger partial charge in [0.05, 0.1) is 13.2 Å². The Bertz CT molecular complexity index is 242. The molecule has 2 heterocycles. The van der Waals surface area contributed by atoms with Gasteiger partial charge in [-0.3, -0.25) is 14.5 Å². The molecule has 0 saturated carbocycles. The molecule has 0 aromatic heterocycles. The molecule has 1 atom stereocenters. The summed E-state index contributed by atoms with van der Waals surface area (Å²) in [6.07, 6.45) is 0.714. The minimum absolute atomic E-state index is 0.00838. The van der Waals surface area contributed by atoms with Gasteiger partial charge in [0.15, 0.2) is 0 Å². The lowest BCUT2D eigenvalue weighted by molar-refractivity contribution is -0.143. The number of carbonyl (C=O) groups excluding carboxylic acids is 2. The summed E-state index contributed by atoms with van der Waals surface area (Å²) in [4.78, 5) is 24.1. The van der Waals surface area contributed by atoms with Gasteiger partial charge in [0.2, 0.25) is 5.91 Å². The Balaban J connectivity index is 1.99. The molecule has 13 heavy (non-hydrogen) atoms. The Hall–Kier alpha value is -1.10. The van der Waals surface area contributed by atoms with Crippen LogP contribution in [0.5, 0.6) is 0 Å². The van der Waals surface area contributed by atoms with Crippen molar-refractivity contribution in [3.63, 3.8) is 0 Å². The van der Waals surface area contributed by atoms with E-state index in [0.717, 1.165) is 6.54 Å². The fourth-order valence-corrected chi connectivity index (χ4v) is 1.74. The van der Waals surface area contributed by atoms with E-state index in [1.54, 1.807) is 0 Å². The molecule has 0 aromatic rings. The maximum atomic E-state index is 11.2. The van der Waals surface area contributed by atoms with Crippen molar-refractivity contribution in [3.05, 3.63) is 0 Å². The molecule has 2 aliphatic rings. The summed E-state index contributed by atoms with van der Waals surface area (Å²) in [5, 5.41) is 2.72. The van der Waals surface area contributed by atoms with E-state index in [9.17, 15) is 9.59 Å². The molecule has 2 rings (SSSR count). The van der Waals surface area contributed by atoms with E-state index in [-0.39, 0.29) is 17.9 Å². The first-order valence-corrected chi connectivity index (χ1v) is 4.45. The van der Waals surface area contributed by atoms with E-state index >= 15 is 0 Å². The summed E-state index contributed by atoms with van der Waals surface area (Å²) < 4.78 is 4.84. The van der Waals surface area contributed by atoms with E-state index in [0.29, 0.717) is 26.1 Å². The second kappa shape index (κ2) is 3.33. The summed E-state index contributed by atoms with van der Waals surface area (Å²) in [5.74, 6) is -0.194. The topological polar surface area (TPSA) is 58.6 Å². The molecular formula is C8H12N2O3. The van der Waals surface area contributed by atoms with Gasteiger partial charge < -0.3 is 10.1 Å². The van der Waals surface area contributed by atoms with Crippen LogP contribution in [-0.2, 0) is 14.3 Å². The maximum absolute atomic E-state index is 11.2. The van der Waals surface area contributed by atoms with Crippen LogP contribution in [0.1, 0.15) is 6.42 Å². The van der Waals surface area contributed by atoms with E-state index in [1.165, 1.54) is 0 Å². The lowest BCUT2D eigenvalue weighted by atomic mass is 10.2. The first kappa shape index (κ1) is 8.50. The molecule has 2 fully saturated rings. The number of amides is 1. The van der Waals surface area contributed by atoms with Crippen LogP contribution in [0.2, 0.25) is 0 Å². The fraction of sp³-hybridized carbons (Fsp3) is 0.750. The van der Waals surface area contributed by atoms with Gasteiger partial charge in [-0.2, -0.15) is 0 Å². The van der Waals surface area contributed by atoms with Crippen LogP contribution in [-0.4, -0.2) is 49.1 Å². The molecule has 1 N–H and O–H groups in total. The number of esters is 1. The zero-order valence-electron chi connectivity index (χ0n) is 7.28. The van der Waals surface area contributed by atoms with Gasteiger partial charge in [-0.15, -0.1) is 0 Å². The summed E-state index contributed by atoms with van der Waals surface area (Å²) in [5.41, 5.74) is 0. The average molecular weight is 184 g/mol. The first-order valence-electron chi connectivity index (χ1n) is 4.45. The number of rotatable bonds is 1. The van der Waals surface area contributed by atoms with Crippen molar-refractivity contribution in [2.45, 2.75) is 12.5 Å². The van der Waals surface area contributed by atoms with Crippen molar-refractivity contribution >= 4 is 11.9 Å². The molecule has 5 nitrogen and oxygen atoms in total. The van der Waals surface area contributed by atoms with Gasteiger partial charge in [-0.1, -0.05) is 0 Å². The van der Waals surface area contributed by atoms with Gasteiger partial charge in [-0.25, -0.2) is 0 Å². The zero-order valence-corrected chi connectivity index (χ0v) is 7.28. The molecule has 0 bridgehead atoms. The van der Waals surface area contributed by atoms with Crippen molar-refractivity contribution in [1.82, 2.24) is 10.2 Å². The van der Waals surface area contributed by atoms with Crippen molar-refractivity contribution < 1.29 is 14.3 Å². The molecule has 5 heteroatoms. The number of nitrogens with zero attached hydrogens (tertiary/aromatic N) is 1. The lowest BCUT2D eigenvalue weighted by Gasteiger charge is -2.29. The Morgan fingerprint density at radius 2 is 2.31 bits per heavy atom. The van der Waals surface area contributed by atoms with Gasteiger partial charge in [0.25, 0.3) is 0 Å². The number of carbonyl (C=O) groups is 2. The number of cyclic esters (lactones) is 1. The van der Waals surface area contributed by atoms with Crippen LogP contribution in [0.15, 0.2) is 0 Å². The molecule has 72 valence electrons. The molecule has 0 aromatic carbocycles. The van der Waals surface area contributed by atoms with Crippen LogP contribution >= 0.6 is 0 Å². The molecule has 0 aliphatic carbocycles. The highest BCUT2D eigenvalue weighted by Crippen LogP contribution is 2.14. The highest BCUT2D eigenvalue weighted by atomic mass is 16.5. The van der Waals surface area contributed by atoms with E-state index in [2.05, 4.69) is 5.32 Å². The van der Waals surface area contributed by atoms with Crippen LogP contribution in [0, 0.1) is 0 Å². The Morgan fingerprint density at radius 3 is 2.92 bits per heavy atom. The van der Waals surface area contributed by atoms with Crippen LogP contribution in [0.4, 0.5) is 0 Å². The summed E-state index contributed by atoms with van der Waals surface area (Å²) in [6, 6.07) is -0.189. The number of hydrogen-bond acceptors (Lipinski definition) is 4. The molecule has 2 saturated heterocycles. The third-order valence-corrected chi connectivity index (χ3v) is 2.42. The second-order valence-corrected chi connectivity index (χ2v) is 3.29. The number of hydrogen-bond donors (Lipinski definition) is 1. The SMILES string of the molecule is O=C1CN(C2CCOC2=O)CCN1. The zero-order chi connectivity index (χ0) is 9.26. The fourth-order valence-electron chi connectivity index (χ4n) is 1.74. The number of piperazine rings is 1. The number of nitrogens with one attached hydrogen (secondary N) is 1. The average Bonchev–Trinajstić information content (AvgIpc) is 2.51. The van der Waals surface area contributed by atoms with Crippen LogP contribution < -0.4 is 5.32 Å². The lowest BCUT2D eigenvalue weighted by Crippen LogP contribution is -2.52. The van der Waals surface area contributed by atoms with E-state index < -0.39 is 0 Å². The van der Waals surface area contributed by atoms with Crippen molar-refractivity contribution in [3.8, 4) is 0 Å². The Kier molecular flexibility index (Phi) is 2.18. The van der Waals surface area contributed by atoms with Crippen molar-refractivity contribution in [2.75, 3.05) is 26.2 Å². The second-order valence-electron chi connectivity index (χ2n) is 3.29. The normalized spacial score (nSPS) is 30.0. The van der Waals surface area contributed by atoms with Gasteiger partial charge >= 0.3 is 5.97 Å². The summed E-state index contributed by atoms with van der Waals surface area (Å²) in [7, 11) is 0. The highest BCUT2D eigenvalue weighted by molar-refractivity contribution is 5.82. The van der Waals surface area contributed by atoms with E-state index in [4.69, 9.17) is 4.74 Å². The molecular weight excluding hydrogens is 172 g/mol. The molecule has 0 spiro atoms. The van der Waals surface area contributed by atoms with Crippen molar-refractivity contribution in [1.29, 1.82) is 0 Å². The van der Waals surface area contributed by atoms with Crippen LogP contribution in [0.3, 0.4) is 0 Å². The molecule has 0 radical (unpaired) electrons. The minimum atomic E-state index is -0.189. The third-order valence-electron chi connectivity index (χ3n) is 2.42. The van der Waals surface area contributed by atoms with Crippen molar-refractivity contribution in [2.24, 2.45) is 0 Å². The summed E-state index contributed by atoms with van der Waals surface area (Å²) in [6.45, 7) is 2.18. The summed E-state index contributed by atoms with van der Waals surface area (Å²) >= 11 is 0. The predicted molar refractivity (Wildman–Crippen MR) is 43.9 cm³/mol. The van der Waals surface area contributed by atoms with Gasteiger partial charge in [0.1, 0.15) is 6.04 Å². The predicted octanol–water partition coefficient (Wildman–Crippen LogP) is -1.27. The quantitative estimate of drug-likeness (QED) is 0.516. The third kappa shape index (κ3) is 1.65. The Morgan fingerprint density at radius 1 is 1.46 bits per heavy atom. The highest BCUT2D eigenvalue weighted by Gasteiger charge is 2.34. The molecule has 2 aliphatic heterocycles. The number of ether oxygens (including phenoxy) is 1. The monoisotopic (exact) mass is 184 g/mol. The maximum Gasteiger partial charge on any atom is 0.323 e. The van der Waals surface area contributed by atoms with Crippen LogP contribution in [0.25, 0.3) is 0 Å². The molecule has 1 amide bonds. The largest absolute Gasteiger partial charge is 0.464 e. The van der Waals surface area contributed by atoms with Gasteiger partial charge in [0, 0.05) is 19.5 Å². The minimum Gasteiger partial charge on any atom is -0.464 e. The first-order chi connectivity index (χ1) is 6.27. The standard InChI is InChI=1S/C8H12N2O3/c11-7-5-10(3-2-9-7)6-1-4-13-8(6)12/h6H,1-5H2,(H,9,11). The van der Waals surface area contributed by atoms with E-state index in [1.807, 2.05) is 4.90 Å².